The van der Waals surface area contributed by atoms with Crippen molar-refractivity contribution in [2.45, 2.75) is 37.3 Å². The summed E-state index contributed by atoms with van der Waals surface area (Å²) in [6, 6.07) is 16.2. The third-order valence-corrected chi connectivity index (χ3v) is 5.62. The number of carbonyl (C=O) groups excluding carboxylic acids is 2. The maximum Gasteiger partial charge on any atom is 0.251 e. The van der Waals surface area contributed by atoms with Crippen molar-refractivity contribution in [2.75, 3.05) is 12.4 Å². The number of para-hydroxylation sites is 1. The van der Waals surface area contributed by atoms with Crippen LogP contribution in [0.5, 0.6) is 5.75 Å². The van der Waals surface area contributed by atoms with E-state index in [0.29, 0.717) is 28.8 Å². The predicted molar refractivity (Wildman–Crippen MR) is 120 cm³/mol. The highest BCUT2D eigenvalue weighted by Gasteiger charge is 2.20. The second-order valence-corrected chi connectivity index (χ2v) is 7.98. The Bertz CT molecular complexity index is 1040. The van der Waals surface area contributed by atoms with E-state index in [1.54, 1.807) is 31.4 Å². The molecule has 2 aromatic carbocycles. The first-order valence-corrected chi connectivity index (χ1v) is 10.8. The monoisotopic (exact) mass is 439 g/mol. The highest BCUT2D eigenvalue weighted by atomic mass is 32.2. The van der Waals surface area contributed by atoms with E-state index in [1.165, 1.54) is 11.8 Å². The minimum atomic E-state index is -0.367. The Hall–Kier alpha value is -3.33. The first-order chi connectivity index (χ1) is 15.0. The molecule has 3 aromatic rings. The zero-order valence-electron chi connectivity index (χ0n) is 17.7. The van der Waals surface area contributed by atoms with Crippen LogP contribution in [0.15, 0.2) is 59.8 Å². The topological polar surface area (TPSA) is 98.1 Å². The van der Waals surface area contributed by atoms with Gasteiger partial charge in [-0.1, -0.05) is 36.0 Å². The molecule has 1 atom stereocenters. The van der Waals surface area contributed by atoms with Gasteiger partial charge in [-0.15, -0.1) is 10.2 Å². The number of thioether (sulfide) groups is 1. The molecule has 1 aromatic heterocycles. The molecule has 0 bridgehead atoms. The van der Waals surface area contributed by atoms with E-state index in [-0.39, 0.29) is 23.6 Å². The molecule has 0 saturated heterocycles. The lowest BCUT2D eigenvalue weighted by molar-refractivity contribution is -0.115. The van der Waals surface area contributed by atoms with Gasteiger partial charge in [-0.05, 0) is 44.2 Å². The highest BCUT2D eigenvalue weighted by molar-refractivity contribution is 8.00. The van der Waals surface area contributed by atoms with Crippen molar-refractivity contribution in [3.8, 4) is 5.75 Å². The number of carbonyl (C=O) groups is 2. The molecule has 31 heavy (non-hydrogen) atoms. The number of ether oxygens (including phenoxy) is 1. The number of hydrogen-bond donors (Lipinski definition) is 2. The van der Waals surface area contributed by atoms with Gasteiger partial charge in [0, 0.05) is 17.8 Å². The van der Waals surface area contributed by atoms with Gasteiger partial charge in [0.2, 0.25) is 5.91 Å². The van der Waals surface area contributed by atoms with Crippen molar-refractivity contribution in [1.29, 1.82) is 0 Å². The molecular formula is C22H25N5O3S. The molecule has 9 heteroatoms. The Morgan fingerprint density at radius 2 is 1.90 bits per heavy atom. The van der Waals surface area contributed by atoms with Crippen LogP contribution in [-0.4, -0.2) is 38.9 Å². The van der Waals surface area contributed by atoms with Crippen LogP contribution in [0, 0.1) is 0 Å². The van der Waals surface area contributed by atoms with Gasteiger partial charge in [-0.25, -0.2) is 0 Å². The average molecular weight is 440 g/mol. The number of rotatable bonds is 9. The molecule has 0 saturated carbocycles. The third-order valence-electron chi connectivity index (χ3n) is 4.54. The Labute approximate surface area is 185 Å². The van der Waals surface area contributed by atoms with E-state index in [4.69, 9.17) is 4.74 Å². The lowest BCUT2D eigenvalue weighted by Gasteiger charge is -2.13. The molecule has 8 nitrogen and oxygen atoms in total. The van der Waals surface area contributed by atoms with Gasteiger partial charge in [-0.2, -0.15) is 0 Å². The third kappa shape index (κ3) is 5.85. The summed E-state index contributed by atoms with van der Waals surface area (Å²) in [5.41, 5.74) is 1.25. The smallest absolute Gasteiger partial charge is 0.251 e. The van der Waals surface area contributed by atoms with E-state index < -0.39 is 0 Å². The molecule has 2 N–H and O–H groups in total. The van der Waals surface area contributed by atoms with Gasteiger partial charge in [-0.3, -0.25) is 9.59 Å². The quantitative estimate of drug-likeness (QED) is 0.496. The van der Waals surface area contributed by atoms with E-state index in [9.17, 15) is 9.59 Å². The number of methoxy groups -OCH3 is 1. The minimum absolute atomic E-state index is 0.116. The van der Waals surface area contributed by atoms with Gasteiger partial charge in [0.1, 0.15) is 5.75 Å². The largest absolute Gasteiger partial charge is 0.497 e. The highest BCUT2D eigenvalue weighted by Crippen LogP contribution is 2.23. The van der Waals surface area contributed by atoms with Crippen molar-refractivity contribution < 1.29 is 14.3 Å². The fourth-order valence-electron chi connectivity index (χ4n) is 2.86. The van der Waals surface area contributed by atoms with Crippen LogP contribution in [-0.2, 0) is 17.9 Å². The fraction of sp³-hybridized carbons (Fsp3) is 0.273. The molecule has 2 amide bonds. The number of amides is 2. The zero-order chi connectivity index (χ0) is 22.2. The van der Waals surface area contributed by atoms with E-state index in [2.05, 4.69) is 20.8 Å². The minimum Gasteiger partial charge on any atom is -0.497 e. The van der Waals surface area contributed by atoms with Crippen LogP contribution in [0.1, 0.15) is 30.0 Å². The van der Waals surface area contributed by atoms with Crippen molar-refractivity contribution in [1.82, 2.24) is 20.1 Å². The van der Waals surface area contributed by atoms with Gasteiger partial charge in [0.15, 0.2) is 11.0 Å². The summed E-state index contributed by atoms with van der Waals surface area (Å²) in [4.78, 5) is 24.9. The molecule has 0 fully saturated rings. The normalized spacial score (nSPS) is 11.6. The van der Waals surface area contributed by atoms with E-state index in [1.807, 2.05) is 48.7 Å². The second-order valence-electron chi connectivity index (χ2n) is 6.67. The second kappa shape index (κ2) is 10.6. The lowest BCUT2D eigenvalue weighted by atomic mass is 10.2. The Morgan fingerprint density at radius 1 is 1.13 bits per heavy atom. The van der Waals surface area contributed by atoms with Crippen LogP contribution >= 0.6 is 11.8 Å². The molecule has 0 spiro atoms. The van der Waals surface area contributed by atoms with E-state index >= 15 is 0 Å². The Kier molecular flexibility index (Phi) is 7.66. The SMILES string of the molecule is CCn1c(CNC(=O)c2cccc(OC)c2)nnc1SC(C)C(=O)Nc1ccccc1. The molecule has 0 radical (unpaired) electrons. The van der Waals surface area contributed by atoms with Gasteiger partial charge in [0.25, 0.3) is 5.91 Å². The summed E-state index contributed by atoms with van der Waals surface area (Å²) in [5.74, 6) is 0.895. The summed E-state index contributed by atoms with van der Waals surface area (Å²) in [6.07, 6.45) is 0. The molecule has 3 rings (SSSR count). The number of nitrogens with one attached hydrogen (secondary N) is 2. The summed E-state index contributed by atoms with van der Waals surface area (Å²) < 4.78 is 7.05. The summed E-state index contributed by atoms with van der Waals surface area (Å²) >= 11 is 1.33. The summed E-state index contributed by atoms with van der Waals surface area (Å²) in [5, 5.41) is 14.4. The molecule has 0 aliphatic carbocycles. The van der Waals surface area contributed by atoms with Crippen LogP contribution in [0.3, 0.4) is 0 Å². The molecule has 0 aliphatic heterocycles. The van der Waals surface area contributed by atoms with Crippen molar-refractivity contribution in [3.05, 3.63) is 66.0 Å². The van der Waals surface area contributed by atoms with Crippen LogP contribution in [0.25, 0.3) is 0 Å². The molecule has 1 unspecified atom stereocenters. The first-order valence-electron chi connectivity index (χ1n) is 9.88. The molecular weight excluding hydrogens is 414 g/mol. The average Bonchev–Trinajstić information content (AvgIpc) is 3.19. The van der Waals surface area contributed by atoms with Crippen LogP contribution in [0.2, 0.25) is 0 Å². The molecule has 1 heterocycles. The van der Waals surface area contributed by atoms with Crippen molar-refractivity contribution in [2.24, 2.45) is 0 Å². The Morgan fingerprint density at radius 3 is 2.61 bits per heavy atom. The predicted octanol–water partition coefficient (Wildman–Crippen LogP) is 3.36. The standard InChI is InChI=1S/C22H25N5O3S/c1-4-27-19(14-23-21(29)16-9-8-12-18(13-16)30-3)25-26-22(27)31-15(2)20(28)24-17-10-6-5-7-11-17/h5-13,15H,4,14H2,1-3H3,(H,23,29)(H,24,28). The number of aromatic nitrogens is 3. The molecule has 162 valence electrons. The van der Waals surface area contributed by atoms with Gasteiger partial charge in [0.05, 0.1) is 18.9 Å². The summed E-state index contributed by atoms with van der Waals surface area (Å²) in [7, 11) is 1.56. The first kappa shape index (κ1) is 22.4. The summed E-state index contributed by atoms with van der Waals surface area (Å²) in [6.45, 7) is 4.63. The maximum atomic E-state index is 12.5. The Balaban J connectivity index is 1.62. The van der Waals surface area contributed by atoms with Crippen LogP contribution in [0.4, 0.5) is 5.69 Å². The number of benzene rings is 2. The molecule has 0 aliphatic rings. The number of hydrogen-bond acceptors (Lipinski definition) is 6. The van der Waals surface area contributed by atoms with E-state index in [0.717, 1.165) is 5.69 Å². The van der Waals surface area contributed by atoms with Crippen molar-refractivity contribution >= 4 is 29.3 Å². The maximum absolute atomic E-state index is 12.5. The number of anilines is 1. The lowest BCUT2D eigenvalue weighted by Crippen LogP contribution is -2.25. The fourth-order valence-corrected chi connectivity index (χ4v) is 3.79. The van der Waals surface area contributed by atoms with Crippen LogP contribution < -0.4 is 15.4 Å². The zero-order valence-corrected chi connectivity index (χ0v) is 18.5. The van der Waals surface area contributed by atoms with Crippen molar-refractivity contribution in [3.63, 3.8) is 0 Å². The number of nitrogens with zero attached hydrogens (tertiary/aromatic N) is 3. The van der Waals surface area contributed by atoms with Gasteiger partial charge >= 0.3 is 0 Å². The van der Waals surface area contributed by atoms with Gasteiger partial charge < -0.3 is 19.9 Å².